The largest absolute Gasteiger partial charge is 0.462 e. The molecule has 0 aliphatic heterocycles. The van der Waals surface area contributed by atoms with Crippen LogP contribution < -0.4 is 0 Å². The second-order valence-electron chi connectivity index (χ2n) is 22.3. The molecule has 81 heavy (non-hydrogen) atoms. The van der Waals surface area contributed by atoms with E-state index in [1.165, 1.54) is 148 Å². The molecule has 0 amide bonds. The predicted molar refractivity (Wildman–Crippen MR) is 353 cm³/mol. The van der Waals surface area contributed by atoms with E-state index in [9.17, 15) is 14.4 Å². The van der Waals surface area contributed by atoms with E-state index in [0.717, 1.165) is 128 Å². The van der Waals surface area contributed by atoms with Gasteiger partial charge in [0.2, 0.25) is 0 Å². The van der Waals surface area contributed by atoms with Gasteiger partial charge in [0, 0.05) is 19.3 Å². The van der Waals surface area contributed by atoms with Crippen LogP contribution >= 0.6 is 0 Å². The standard InChI is InChI=1S/C75H126O6/c1-4-7-10-13-16-19-22-25-28-30-32-34-36-37-39-40-42-44-47-50-53-56-59-62-65-68-74(77)80-71-72(70-79-73(76)67-64-61-58-55-52-49-46-27-24-21-18-15-12-9-6-3)81-75(78)69-66-63-60-57-54-51-48-45-43-41-38-35-33-31-29-26-23-20-17-14-11-8-5-2/h8,11,17,20,22,25-27,29-30,32-33,35-37,41,43,46,48,51,72H,4-7,9-10,12-16,18-19,21,23-24,28,31,34,38-40,42,44-45,47,49-50,52-71H2,1-3H3/b11-8-,20-17-,25-22-,29-26-,32-30-,35-33-,37-36-,43-41-,46-27-,51-48-. The van der Waals surface area contributed by atoms with Crippen molar-refractivity contribution in [3.63, 3.8) is 0 Å². The molecule has 6 heteroatoms. The number of esters is 3. The van der Waals surface area contributed by atoms with Crippen LogP contribution in [0.3, 0.4) is 0 Å². The summed E-state index contributed by atoms with van der Waals surface area (Å²) in [5.41, 5.74) is 0. The molecule has 0 N–H and O–H groups in total. The Morgan fingerprint density at radius 1 is 0.259 bits per heavy atom. The maximum atomic E-state index is 12.9. The van der Waals surface area contributed by atoms with Crippen LogP contribution in [0.1, 0.15) is 316 Å². The lowest BCUT2D eigenvalue weighted by atomic mass is 10.1. The van der Waals surface area contributed by atoms with Gasteiger partial charge < -0.3 is 14.2 Å². The lowest BCUT2D eigenvalue weighted by Crippen LogP contribution is -2.30. The number of allylic oxidation sites excluding steroid dienone is 20. The molecule has 6 nitrogen and oxygen atoms in total. The zero-order chi connectivity index (χ0) is 58.5. The molecule has 0 aliphatic carbocycles. The first-order chi connectivity index (χ1) is 40.0. The van der Waals surface area contributed by atoms with E-state index in [2.05, 4.69) is 142 Å². The Balaban J connectivity index is 4.43. The summed E-state index contributed by atoms with van der Waals surface area (Å²) in [5, 5.41) is 0. The fourth-order valence-electron chi connectivity index (χ4n) is 9.33. The Labute approximate surface area is 501 Å². The summed E-state index contributed by atoms with van der Waals surface area (Å²) in [7, 11) is 0. The monoisotopic (exact) mass is 1120 g/mol. The van der Waals surface area contributed by atoms with Crippen LogP contribution in [0.5, 0.6) is 0 Å². The Morgan fingerprint density at radius 3 is 0.765 bits per heavy atom. The molecular formula is C75H126O6. The summed E-state index contributed by atoms with van der Waals surface area (Å²) in [4.78, 5) is 38.4. The third-order valence-corrected chi connectivity index (χ3v) is 14.4. The molecule has 0 bridgehead atoms. The molecule has 1 atom stereocenters. The van der Waals surface area contributed by atoms with Crippen molar-refractivity contribution in [3.05, 3.63) is 122 Å². The summed E-state index contributed by atoms with van der Waals surface area (Å²) >= 11 is 0. The number of hydrogen-bond acceptors (Lipinski definition) is 6. The number of unbranched alkanes of at least 4 members (excludes halogenated alkanes) is 30. The first kappa shape index (κ1) is 76.8. The van der Waals surface area contributed by atoms with Crippen molar-refractivity contribution in [3.8, 4) is 0 Å². The van der Waals surface area contributed by atoms with Crippen LogP contribution in [-0.4, -0.2) is 37.2 Å². The highest BCUT2D eigenvalue weighted by molar-refractivity contribution is 5.71. The second-order valence-corrected chi connectivity index (χ2v) is 22.3. The fourth-order valence-corrected chi connectivity index (χ4v) is 9.33. The third-order valence-electron chi connectivity index (χ3n) is 14.4. The van der Waals surface area contributed by atoms with Crippen molar-refractivity contribution >= 4 is 17.9 Å². The van der Waals surface area contributed by atoms with Crippen LogP contribution in [0.2, 0.25) is 0 Å². The molecule has 0 aromatic carbocycles. The molecule has 0 aromatic heterocycles. The molecular weight excluding hydrogens is 997 g/mol. The van der Waals surface area contributed by atoms with Gasteiger partial charge in [0.05, 0.1) is 0 Å². The van der Waals surface area contributed by atoms with Crippen LogP contribution in [-0.2, 0) is 28.6 Å². The summed E-state index contributed by atoms with van der Waals surface area (Å²) < 4.78 is 16.9. The summed E-state index contributed by atoms with van der Waals surface area (Å²) in [6.07, 6.45) is 94.9. The lowest BCUT2D eigenvalue weighted by Gasteiger charge is -2.18. The van der Waals surface area contributed by atoms with Crippen LogP contribution in [0.15, 0.2) is 122 Å². The predicted octanol–water partition coefficient (Wildman–Crippen LogP) is 23.6. The molecule has 0 radical (unpaired) electrons. The number of carbonyl (C=O) groups is 3. The average Bonchev–Trinajstić information content (AvgIpc) is 3.47. The van der Waals surface area contributed by atoms with E-state index >= 15 is 0 Å². The first-order valence-electron chi connectivity index (χ1n) is 34.0. The van der Waals surface area contributed by atoms with Crippen LogP contribution in [0.25, 0.3) is 0 Å². The first-order valence-corrected chi connectivity index (χ1v) is 34.0. The minimum absolute atomic E-state index is 0.0949. The van der Waals surface area contributed by atoms with Crippen LogP contribution in [0.4, 0.5) is 0 Å². The van der Waals surface area contributed by atoms with Crippen molar-refractivity contribution in [2.24, 2.45) is 0 Å². The second kappa shape index (κ2) is 68.3. The van der Waals surface area contributed by atoms with Crippen LogP contribution in [0, 0.1) is 0 Å². The van der Waals surface area contributed by atoms with Gasteiger partial charge in [0.1, 0.15) is 13.2 Å². The number of carbonyl (C=O) groups excluding carboxylic acids is 3. The van der Waals surface area contributed by atoms with Crippen molar-refractivity contribution in [2.75, 3.05) is 13.2 Å². The molecule has 0 heterocycles. The molecule has 0 saturated heterocycles. The molecule has 462 valence electrons. The van der Waals surface area contributed by atoms with Gasteiger partial charge in [-0.1, -0.05) is 284 Å². The normalized spacial score (nSPS) is 12.9. The summed E-state index contributed by atoms with van der Waals surface area (Å²) in [6.45, 7) is 6.50. The van der Waals surface area contributed by atoms with E-state index in [1.54, 1.807) is 0 Å². The smallest absolute Gasteiger partial charge is 0.306 e. The van der Waals surface area contributed by atoms with Crippen molar-refractivity contribution in [1.29, 1.82) is 0 Å². The maximum Gasteiger partial charge on any atom is 0.306 e. The molecule has 0 saturated carbocycles. The SMILES string of the molecule is CC/C=C\C/C=C\C/C=C\C/C=C\C/C=C\C/C=C\CCCCCCC(=O)OC(COC(=O)CCCCCCC/C=C\CCCCCCCC)COC(=O)CCCCCCCCCCCC/C=C\C/C=C\C/C=C\CCCCCCC. The maximum absolute atomic E-state index is 12.9. The van der Waals surface area contributed by atoms with E-state index in [1.807, 2.05) is 0 Å². The molecule has 0 fully saturated rings. The van der Waals surface area contributed by atoms with Gasteiger partial charge in [-0.05, 0) is 135 Å². The molecule has 0 spiro atoms. The van der Waals surface area contributed by atoms with Gasteiger partial charge in [0.25, 0.3) is 0 Å². The minimum atomic E-state index is -0.802. The topological polar surface area (TPSA) is 78.9 Å². The van der Waals surface area contributed by atoms with E-state index < -0.39 is 6.10 Å². The third kappa shape index (κ3) is 66.5. The Hall–Kier alpha value is -4.19. The molecule has 1 unspecified atom stereocenters. The van der Waals surface area contributed by atoms with E-state index in [4.69, 9.17) is 14.2 Å². The van der Waals surface area contributed by atoms with Gasteiger partial charge in [-0.15, -0.1) is 0 Å². The summed E-state index contributed by atoms with van der Waals surface area (Å²) in [6, 6.07) is 0. The highest BCUT2D eigenvalue weighted by Gasteiger charge is 2.19. The van der Waals surface area contributed by atoms with Gasteiger partial charge in [-0.25, -0.2) is 0 Å². The van der Waals surface area contributed by atoms with Crippen molar-refractivity contribution in [2.45, 2.75) is 322 Å². The van der Waals surface area contributed by atoms with E-state index in [0.29, 0.717) is 19.3 Å². The Bertz CT molecular complexity index is 1670. The fraction of sp³-hybridized carbons (Fsp3) is 0.693. The lowest BCUT2D eigenvalue weighted by molar-refractivity contribution is -0.167. The average molecular weight is 1120 g/mol. The quantitative estimate of drug-likeness (QED) is 0.0261. The van der Waals surface area contributed by atoms with E-state index in [-0.39, 0.29) is 31.1 Å². The molecule has 0 aliphatic rings. The highest BCUT2D eigenvalue weighted by Crippen LogP contribution is 2.15. The molecule has 0 rings (SSSR count). The van der Waals surface area contributed by atoms with Gasteiger partial charge in [-0.3, -0.25) is 14.4 Å². The zero-order valence-corrected chi connectivity index (χ0v) is 53.0. The number of ether oxygens (including phenoxy) is 3. The van der Waals surface area contributed by atoms with Gasteiger partial charge in [0.15, 0.2) is 6.10 Å². The Morgan fingerprint density at radius 2 is 0.481 bits per heavy atom. The van der Waals surface area contributed by atoms with Gasteiger partial charge in [-0.2, -0.15) is 0 Å². The number of rotatable bonds is 61. The zero-order valence-electron chi connectivity index (χ0n) is 53.0. The van der Waals surface area contributed by atoms with Gasteiger partial charge >= 0.3 is 17.9 Å². The number of hydrogen-bond donors (Lipinski definition) is 0. The Kier molecular flexibility index (Phi) is 64.8. The van der Waals surface area contributed by atoms with Crippen molar-refractivity contribution in [1.82, 2.24) is 0 Å². The van der Waals surface area contributed by atoms with Crippen molar-refractivity contribution < 1.29 is 28.6 Å². The molecule has 0 aromatic rings. The highest BCUT2D eigenvalue weighted by atomic mass is 16.6. The minimum Gasteiger partial charge on any atom is -0.462 e. The summed E-state index contributed by atoms with van der Waals surface area (Å²) in [5.74, 6) is -0.925.